The molecular formula is C32H28N4O3. The number of carbonyl (C=O) groups excluding carboxylic acids is 1. The van der Waals surface area contributed by atoms with Crippen molar-refractivity contribution in [2.45, 2.75) is 6.92 Å². The second-order valence-electron chi connectivity index (χ2n) is 8.87. The zero-order valence-corrected chi connectivity index (χ0v) is 22.0. The maximum absolute atomic E-state index is 13.1. The van der Waals surface area contributed by atoms with Gasteiger partial charge in [0.05, 0.1) is 31.8 Å². The molecule has 1 heterocycles. The molecule has 5 rings (SSSR count). The van der Waals surface area contributed by atoms with E-state index in [0.29, 0.717) is 11.5 Å². The molecule has 194 valence electrons. The van der Waals surface area contributed by atoms with Crippen molar-refractivity contribution in [3.63, 3.8) is 0 Å². The van der Waals surface area contributed by atoms with E-state index in [1.807, 2.05) is 67.6 Å². The zero-order chi connectivity index (χ0) is 27.2. The molecule has 1 aromatic heterocycles. The second kappa shape index (κ2) is 11.5. The van der Waals surface area contributed by atoms with Crippen molar-refractivity contribution in [1.29, 1.82) is 0 Å². The number of aryl methyl sites for hydroxylation is 1. The van der Waals surface area contributed by atoms with Gasteiger partial charge in [0.1, 0.15) is 0 Å². The third-order valence-corrected chi connectivity index (χ3v) is 6.36. The predicted molar refractivity (Wildman–Crippen MR) is 154 cm³/mol. The number of para-hydroxylation sites is 1. The molecule has 0 aliphatic heterocycles. The maximum atomic E-state index is 13.1. The Hall–Kier alpha value is -5.17. The monoisotopic (exact) mass is 516 g/mol. The Bertz CT molecular complexity index is 1620. The number of hydrogen-bond acceptors (Lipinski definition) is 5. The molecule has 0 aliphatic carbocycles. The van der Waals surface area contributed by atoms with Crippen molar-refractivity contribution in [2.24, 2.45) is 5.10 Å². The van der Waals surface area contributed by atoms with Gasteiger partial charge in [-0.25, -0.2) is 10.1 Å². The number of hydrogen-bond donors (Lipinski definition) is 1. The molecule has 1 N–H and O–H groups in total. The molecule has 1 amide bonds. The van der Waals surface area contributed by atoms with Crippen LogP contribution in [0.3, 0.4) is 0 Å². The first-order valence-electron chi connectivity index (χ1n) is 12.4. The van der Waals surface area contributed by atoms with Crippen LogP contribution < -0.4 is 14.9 Å². The lowest BCUT2D eigenvalue weighted by molar-refractivity contribution is 0.0949. The minimum Gasteiger partial charge on any atom is -0.493 e. The van der Waals surface area contributed by atoms with Crippen LogP contribution in [0, 0.1) is 6.92 Å². The van der Waals surface area contributed by atoms with Crippen molar-refractivity contribution in [3.05, 3.63) is 120 Å². The summed E-state index contributed by atoms with van der Waals surface area (Å²) in [4.78, 5) is 13.1. The van der Waals surface area contributed by atoms with E-state index in [9.17, 15) is 4.79 Å². The standard InChI is InChI=1S/C32H28N4O3/c1-22-9-7-8-12-28(22)36-29(26-16-14-25(15-17-26)24-10-5-4-6-11-24)20-27(35-36)32(37)34-33-21-23-13-18-30(38-2)31(19-23)39-3/h4-21H,1-3H3,(H,34,37)/b33-21-. The lowest BCUT2D eigenvalue weighted by Crippen LogP contribution is -2.18. The fraction of sp³-hybridized carbons (Fsp3) is 0.0938. The normalized spacial score (nSPS) is 10.9. The fourth-order valence-corrected chi connectivity index (χ4v) is 4.30. The molecule has 39 heavy (non-hydrogen) atoms. The summed E-state index contributed by atoms with van der Waals surface area (Å²) in [5, 5.41) is 8.79. The van der Waals surface area contributed by atoms with Crippen LogP contribution in [0.4, 0.5) is 0 Å². The van der Waals surface area contributed by atoms with Gasteiger partial charge < -0.3 is 9.47 Å². The molecule has 0 spiro atoms. The summed E-state index contributed by atoms with van der Waals surface area (Å²) in [5.41, 5.74) is 9.53. The highest BCUT2D eigenvalue weighted by Crippen LogP contribution is 2.29. The van der Waals surface area contributed by atoms with Gasteiger partial charge in [-0.3, -0.25) is 4.79 Å². The summed E-state index contributed by atoms with van der Waals surface area (Å²) in [6.45, 7) is 2.02. The maximum Gasteiger partial charge on any atom is 0.291 e. The Morgan fingerprint density at radius 2 is 1.46 bits per heavy atom. The number of amides is 1. The Kier molecular flexibility index (Phi) is 7.50. The number of nitrogens with zero attached hydrogens (tertiary/aromatic N) is 3. The number of methoxy groups -OCH3 is 2. The van der Waals surface area contributed by atoms with Crippen molar-refractivity contribution >= 4 is 12.1 Å². The Labute approximate surface area is 227 Å². The van der Waals surface area contributed by atoms with E-state index in [-0.39, 0.29) is 5.69 Å². The number of benzene rings is 4. The minimum absolute atomic E-state index is 0.254. The number of ether oxygens (including phenoxy) is 2. The Morgan fingerprint density at radius 3 is 2.18 bits per heavy atom. The second-order valence-corrected chi connectivity index (χ2v) is 8.87. The molecule has 0 bridgehead atoms. The molecule has 0 radical (unpaired) electrons. The first kappa shape index (κ1) is 25.5. The molecule has 0 aliphatic rings. The Balaban J connectivity index is 1.44. The predicted octanol–water partition coefficient (Wildman–Crippen LogP) is 6.30. The number of aromatic nitrogens is 2. The summed E-state index contributed by atoms with van der Waals surface area (Å²) in [7, 11) is 3.14. The van der Waals surface area contributed by atoms with Gasteiger partial charge in [-0.2, -0.15) is 10.2 Å². The molecule has 0 saturated carbocycles. The number of nitrogens with one attached hydrogen (secondary N) is 1. The minimum atomic E-state index is -0.416. The van der Waals surface area contributed by atoms with Crippen LogP contribution in [0.5, 0.6) is 11.5 Å². The van der Waals surface area contributed by atoms with Crippen LogP contribution in [0.15, 0.2) is 108 Å². The smallest absolute Gasteiger partial charge is 0.291 e. The van der Waals surface area contributed by atoms with Crippen molar-refractivity contribution in [2.75, 3.05) is 14.2 Å². The van der Waals surface area contributed by atoms with E-state index in [4.69, 9.17) is 9.47 Å². The van der Waals surface area contributed by atoms with Gasteiger partial charge in [-0.1, -0.05) is 72.8 Å². The molecule has 0 unspecified atom stereocenters. The zero-order valence-electron chi connectivity index (χ0n) is 22.0. The third-order valence-electron chi connectivity index (χ3n) is 6.36. The highest BCUT2D eigenvalue weighted by Gasteiger charge is 2.18. The van der Waals surface area contributed by atoms with Crippen LogP contribution >= 0.6 is 0 Å². The number of rotatable bonds is 8. The van der Waals surface area contributed by atoms with E-state index in [1.165, 1.54) is 0 Å². The van der Waals surface area contributed by atoms with Crippen LogP contribution in [0.2, 0.25) is 0 Å². The Morgan fingerprint density at radius 1 is 0.795 bits per heavy atom. The highest BCUT2D eigenvalue weighted by molar-refractivity contribution is 5.94. The highest BCUT2D eigenvalue weighted by atomic mass is 16.5. The SMILES string of the molecule is COc1ccc(/C=N\NC(=O)c2cc(-c3ccc(-c4ccccc4)cc3)n(-c3ccccc3C)n2)cc1OC. The van der Waals surface area contributed by atoms with Gasteiger partial charge in [0.15, 0.2) is 17.2 Å². The van der Waals surface area contributed by atoms with Gasteiger partial charge in [0.25, 0.3) is 5.91 Å². The van der Waals surface area contributed by atoms with Gasteiger partial charge in [0.2, 0.25) is 0 Å². The lowest BCUT2D eigenvalue weighted by atomic mass is 10.0. The first-order valence-corrected chi connectivity index (χ1v) is 12.4. The summed E-state index contributed by atoms with van der Waals surface area (Å²) in [6, 6.07) is 33.6. The molecule has 5 aromatic rings. The van der Waals surface area contributed by atoms with Crippen molar-refractivity contribution in [3.8, 4) is 39.6 Å². The average molecular weight is 517 g/mol. The van der Waals surface area contributed by atoms with Crippen LogP contribution in [-0.2, 0) is 0 Å². The molecule has 0 atom stereocenters. The van der Waals surface area contributed by atoms with E-state index in [2.05, 4.69) is 39.9 Å². The molecular weight excluding hydrogens is 488 g/mol. The van der Waals surface area contributed by atoms with Crippen LogP contribution in [-0.4, -0.2) is 36.1 Å². The number of hydrazone groups is 1. The summed E-state index contributed by atoms with van der Waals surface area (Å²) >= 11 is 0. The molecule has 0 saturated heterocycles. The van der Waals surface area contributed by atoms with E-state index >= 15 is 0 Å². The van der Waals surface area contributed by atoms with Gasteiger partial charge in [0, 0.05) is 5.56 Å². The number of carbonyl (C=O) groups is 1. The lowest BCUT2D eigenvalue weighted by Gasteiger charge is -2.11. The van der Waals surface area contributed by atoms with Crippen molar-refractivity contribution < 1.29 is 14.3 Å². The van der Waals surface area contributed by atoms with E-state index in [1.54, 1.807) is 43.3 Å². The van der Waals surface area contributed by atoms with E-state index < -0.39 is 5.91 Å². The van der Waals surface area contributed by atoms with E-state index in [0.717, 1.165) is 39.2 Å². The summed E-state index contributed by atoms with van der Waals surface area (Å²) in [5.74, 6) is 0.777. The van der Waals surface area contributed by atoms with Crippen LogP contribution in [0.1, 0.15) is 21.6 Å². The molecule has 7 heteroatoms. The third kappa shape index (κ3) is 5.57. The van der Waals surface area contributed by atoms with Crippen molar-refractivity contribution in [1.82, 2.24) is 15.2 Å². The first-order chi connectivity index (χ1) is 19.1. The largest absolute Gasteiger partial charge is 0.493 e. The molecule has 0 fully saturated rings. The van der Waals surface area contributed by atoms with Gasteiger partial charge in [-0.15, -0.1) is 0 Å². The van der Waals surface area contributed by atoms with Crippen LogP contribution in [0.25, 0.3) is 28.1 Å². The molecule has 7 nitrogen and oxygen atoms in total. The fourth-order valence-electron chi connectivity index (χ4n) is 4.30. The summed E-state index contributed by atoms with van der Waals surface area (Å²) < 4.78 is 12.4. The topological polar surface area (TPSA) is 77.7 Å². The quantitative estimate of drug-likeness (QED) is 0.194. The summed E-state index contributed by atoms with van der Waals surface area (Å²) in [6.07, 6.45) is 1.54. The molecule has 4 aromatic carbocycles. The average Bonchev–Trinajstić information content (AvgIpc) is 3.43. The van der Waals surface area contributed by atoms with Gasteiger partial charge in [-0.05, 0) is 59.5 Å². The van der Waals surface area contributed by atoms with Gasteiger partial charge >= 0.3 is 0 Å².